The van der Waals surface area contributed by atoms with E-state index in [9.17, 15) is 8.42 Å². The molecular weight excluding hydrogens is 228 g/mol. The van der Waals surface area contributed by atoms with Gasteiger partial charge in [-0.1, -0.05) is 13.3 Å². The summed E-state index contributed by atoms with van der Waals surface area (Å²) in [6.07, 6.45) is 3.27. The normalized spacial score (nSPS) is 12.6. The SMILES string of the molecule is CCCCN=C(NN)N(C)CCS(C)(=O)=O. The highest BCUT2D eigenvalue weighted by atomic mass is 32.2. The van der Waals surface area contributed by atoms with Crippen LogP contribution in [0.4, 0.5) is 0 Å². The van der Waals surface area contributed by atoms with E-state index in [1.165, 1.54) is 6.26 Å². The van der Waals surface area contributed by atoms with Crippen molar-refractivity contribution in [2.24, 2.45) is 10.8 Å². The molecule has 0 radical (unpaired) electrons. The largest absolute Gasteiger partial charge is 0.344 e. The van der Waals surface area contributed by atoms with Crippen LogP contribution in [0.3, 0.4) is 0 Å². The van der Waals surface area contributed by atoms with Gasteiger partial charge in [-0.2, -0.15) is 0 Å². The molecular formula is C9H22N4O2S. The maximum absolute atomic E-state index is 11.0. The zero-order chi connectivity index (χ0) is 12.6. The topological polar surface area (TPSA) is 87.8 Å². The molecule has 0 aromatic carbocycles. The highest BCUT2D eigenvalue weighted by Gasteiger charge is 2.08. The van der Waals surface area contributed by atoms with Crippen LogP contribution < -0.4 is 11.3 Å². The van der Waals surface area contributed by atoms with Crippen molar-refractivity contribution in [2.75, 3.05) is 32.1 Å². The standard InChI is InChI=1S/C9H22N4O2S/c1-4-5-6-11-9(12-10)13(2)7-8-16(3,14)15/h4-8,10H2,1-3H3,(H,11,12). The maximum atomic E-state index is 11.0. The minimum absolute atomic E-state index is 0.0952. The predicted octanol–water partition coefficient (Wildman–Crippen LogP) is -0.418. The van der Waals surface area contributed by atoms with Gasteiger partial charge in [0.15, 0.2) is 0 Å². The Morgan fingerprint density at radius 2 is 2.12 bits per heavy atom. The Morgan fingerprint density at radius 3 is 2.56 bits per heavy atom. The van der Waals surface area contributed by atoms with Gasteiger partial charge in [-0.25, -0.2) is 14.3 Å². The molecule has 0 heterocycles. The molecule has 0 unspecified atom stereocenters. The van der Waals surface area contributed by atoms with Gasteiger partial charge in [-0.3, -0.25) is 10.4 Å². The van der Waals surface area contributed by atoms with Gasteiger partial charge in [0.25, 0.3) is 0 Å². The van der Waals surface area contributed by atoms with Gasteiger partial charge in [0, 0.05) is 26.4 Å². The Kier molecular flexibility index (Phi) is 7.07. The van der Waals surface area contributed by atoms with Crippen molar-refractivity contribution in [1.82, 2.24) is 10.3 Å². The van der Waals surface area contributed by atoms with Crippen LogP contribution in [0.1, 0.15) is 19.8 Å². The summed E-state index contributed by atoms with van der Waals surface area (Å²) in [6, 6.07) is 0. The van der Waals surface area contributed by atoms with Gasteiger partial charge in [0.2, 0.25) is 5.96 Å². The minimum Gasteiger partial charge on any atom is -0.344 e. The third kappa shape index (κ3) is 7.47. The van der Waals surface area contributed by atoms with Crippen molar-refractivity contribution < 1.29 is 8.42 Å². The van der Waals surface area contributed by atoms with E-state index in [-0.39, 0.29) is 5.75 Å². The average molecular weight is 250 g/mol. The van der Waals surface area contributed by atoms with Crippen LogP contribution in [0.15, 0.2) is 4.99 Å². The molecule has 96 valence electrons. The Hall–Kier alpha value is -0.820. The zero-order valence-electron chi connectivity index (χ0n) is 10.2. The Labute approximate surface area is 97.8 Å². The summed E-state index contributed by atoms with van der Waals surface area (Å²) in [6.45, 7) is 3.16. The second-order valence-electron chi connectivity index (χ2n) is 3.75. The molecule has 0 bridgehead atoms. The van der Waals surface area contributed by atoms with E-state index in [4.69, 9.17) is 5.84 Å². The summed E-state index contributed by atoms with van der Waals surface area (Å²) >= 11 is 0. The molecule has 0 aromatic heterocycles. The summed E-state index contributed by atoms with van der Waals surface area (Å²) in [4.78, 5) is 5.95. The first kappa shape index (κ1) is 15.2. The molecule has 0 rings (SSSR count). The molecule has 0 aliphatic heterocycles. The van der Waals surface area contributed by atoms with Crippen molar-refractivity contribution >= 4 is 15.8 Å². The van der Waals surface area contributed by atoms with Crippen LogP contribution in [0, 0.1) is 0 Å². The molecule has 0 aliphatic carbocycles. The molecule has 0 amide bonds. The van der Waals surface area contributed by atoms with E-state index in [0.717, 1.165) is 12.8 Å². The predicted molar refractivity (Wildman–Crippen MR) is 66.9 cm³/mol. The molecule has 7 heteroatoms. The third-order valence-electron chi connectivity index (χ3n) is 2.06. The third-order valence-corrected chi connectivity index (χ3v) is 2.99. The smallest absolute Gasteiger partial charge is 0.208 e. The molecule has 0 fully saturated rings. The summed E-state index contributed by atoms with van der Waals surface area (Å²) in [7, 11) is -1.19. The van der Waals surface area contributed by atoms with Gasteiger partial charge in [-0.05, 0) is 6.42 Å². The highest BCUT2D eigenvalue weighted by Crippen LogP contribution is 1.92. The van der Waals surface area contributed by atoms with Crippen LogP contribution in [0.2, 0.25) is 0 Å². The highest BCUT2D eigenvalue weighted by molar-refractivity contribution is 7.90. The average Bonchev–Trinajstić information content (AvgIpc) is 2.20. The first-order valence-corrected chi connectivity index (χ1v) is 7.36. The van der Waals surface area contributed by atoms with E-state index in [0.29, 0.717) is 19.0 Å². The van der Waals surface area contributed by atoms with Crippen molar-refractivity contribution in [1.29, 1.82) is 0 Å². The van der Waals surface area contributed by atoms with E-state index >= 15 is 0 Å². The van der Waals surface area contributed by atoms with E-state index in [1.807, 2.05) is 0 Å². The number of hydrogen-bond donors (Lipinski definition) is 2. The number of nitrogens with two attached hydrogens (primary N) is 1. The van der Waals surface area contributed by atoms with E-state index < -0.39 is 9.84 Å². The fraction of sp³-hybridized carbons (Fsp3) is 0.889. The van der Waals surface area contributed by atoms with Crippen LogP contribution in [-0.2, 0) is 9.84 Å². The first-order valence-electron chi connectivity index (χ1n) is 5.30. The molecule has 0 atom stereocenters. The number of nitrogens with zero attached hydrogens (tertiary/aromatic N) is 2. The molecule has 16 heavy (non-hydrogen) atoms. The molecule has 6 nitrogen and oxygen atoms in total. The number of aliphatic imine (C=N–C) groups is 1. The second kappa shape index (κ2) is 7.45. The minimum atomic E-state index is -2.95. The molecule has 0 aromatic rings. The fourth-order valence-electron chi connectivity index (χ4n) is 1.03. The van der Waals surface area contributed by atoms with Gasteiger partial charge >= 0.3 is 0 Å². The number of hydrogen-bond acceptors (Lipinski definition) is 4. The quantitative estimate of drug-likeness (QED) is 0.220. The van der Waals surface area contributed by atoms with Gasteiger partial charge < -0.3 is 4.90 Å². The van der Waals surface area contributed by atoms with Gasteiger partial charge in [-0.15, -0.1) is 0 Å². The van der Waals surface area contributed by atoms with Crippen LogP contribution in [0.25, 0.3) is 0 Å². The monoisotopic (exact) mass is 250 g/mol. The lowest BCUT2D eigenvalue weighted by Gasteiger charge is -2.19. The number of nitrogens with one attached hydrogen (secondary N) is 1. The number of unbranched alkanes of at least 4 members (excludes halogenated alkanes) is 1. The Morgan fingerprint density at radius 1 is 1.50 bits per heavy atom. The lowest BCUT2D eigenvalue weighted by Crippen LogP contribution is -2.44. The number of guanidine groups is 1. The Balaban J connectivity index is 4.20. The molecule has 3 N–H and O–H groups in total. The maximum Gasteiger partial charge on any atom is 0.208 e. The Bertz CT molecular complexity index is 313. The molecule has 0 saturated heterocycles. The van der Waals surface area contributed by atoms with Crippen molar-refractivity contribution in [3.63, 3.8) is 0 Å². The summed E-state index contributed by atoms with van der Waals surface area (Å²) in [5.74, 6) is 5.94. The molecule has 0 spiro atoms. The van der Waals surface area contributed by atoms with E-state index in [1.54, 1.807) is 11.9 Å². The number of hydrazine groups is 1. The van der Waals surface area contributed by atoms with Crippen LogP contribution in [-0.4, -0.2) is 51.4 Å². The van der Waals surface area contributed by atoms with Crippen LogP contribution >= 0.6 is 0 Å². The van der Waals surface area contributed by atoms with E-state index in [2.05, 4.69) is 17.3 Å². The zero-order valence-corrected chi connectivity index (χ0v) is 11.0. The van der Waals surface area contributed by atoms with Crippen molar-refractivity contribution in [2.45, 2.75) is 19.8 Å². The summed E-state index contributed by atoms with van der Waals surface area (Å²) < 4.78 is 22.0. The first-order chi connectivity index (χ1) is 7.40. The van der Waals surface area contributed by atoms with Crippen molar-refractivity contribution in [3.05, 3.63) is 0 Å². The van der Waals surface area contributed by atoms with Gasteiger partial charge in [0.05, 0.1) is 5.75 Å². The number of rotatable bonds is 6. The fourth-order valence-corrected chi connectivity index (χ4v) is 1.63. The van der Waals surface area contributed by atoms with Gasteiger partial charge in [0.1, 0.15) is 9.84 Å². The molecule has 0 saturated carbocycles. The lowest BCUT2D eigenvalue weighted by atomic mass is 10.3. The van der Waals surface area contributed by atoms with Crippen molar-refractivity contribution in [3.8, 4) is 0 Å². The summed E-state index contributed by atoms with van der Waals surface area (Å²) in [5, 5.41) is 0. The number of sulfone groups is 1. The van der Waals surface area contributed by atoms with Crippen LogP contribution in [0.5, 0.6) is 0 Å². The summed E-state index contributed by atoms with van der Waals surface area (Å²) in [5.41, 5.74) is 2.48. The lowest BCUT2D eigenvalue weighted by molar-refractivity contribution is 0.503. The molecule has 0 aliphatic rings. The second-order valence-corrected chi connectivity index (χ2v) is 6.01.